The Labute approximate surface area is 247 Å². The quantitative estimate of drug-likeness (QED) is 0.274. The first-order chi connectivity index (χ1) is 20.4. The van der Waals surface area contributed by atoms with Crippen molar-refractivity contribution in [3.05, 3.63) is 83.0 Å². The summed E-state index contributed by atoms with van der Waals surface area (Å²) in [4.78, 5) is 20.3. The van der Waals surface area contributed by atoms with Crippen molar-refractivity contribution < 1.29 is 23.7 Å². The average Bonchev–Trinajstić information content (AvgIpc) is 3.33. The van der Waals surface area contributed by atoms with E-state index in [2.05, 4.69) is 22.3 Å². The van der Waals surface area contributed by atoms with Gasteiger partial charge < -0.3 is 23.5 Å². The number of nitrogens with one attached hydrogen (secondary N) is 1. The fourth-order valence-corrected chi connectivity index (χ4v) is 5.41. The van der Waals surface area contributed by atoms with Crippen LogP contribution in [0.25, 0.3) is 11.3 Å². The maximum atomic E-state index is 13.3. The minimum absolute atomic E-state index is 0.102. The van der Waals surface area contributed by atoms with Crippen LogP contribution in [0.2, 0.25) is 0 Å². The fraction of sp³-hybridized carbons (Fsp3) is 0.333. The summed E-state index contributed by atoms with van der Waals surface area (Å²) in [6, 6.07) is 20.0. The summed E-state index contributed by atoms with van der Waals surface area (Å²) in [5.41, 5.74) is 6.41. The Morgan fingerprint density at radius 2 is 1.45 bits per heavy atom. The van der Waals surface area contributed by atoms with E-state index in [1.54, 1.807) is 28.4 Å². The van der Waals surface area contributed by atoms with Crippen LogP contribution in [0.1, 0.15) is 22.4 Å². The van der Waals surface area contributed by atoms with Gasteiger partial charge in [-0.25, -0.2) is 4.98 Å². The minimum atomic E-state index is -0.102. The summed E-state index contributed by atoms with van der Waals surface area (Å²) < 4.78 is 23.6. The number of amides is 1. The molecule has 3 aromatic carbocycles. The first kappa shape index (κ1) is 29.0. The predicted molar refractivity (Wildman–Crippen MR) is 163 cm³/mol. The molecular weight excluding hydrogens is 532 g/mol. The van der Waals surface area contributed by atoms with E-state index in [-0.39, 0.29) is 12.5 Å². The van der Waals surface area contributed by atoms with Crippen LogP contribution in [0, 0.1) is 0 Å². The molecule has 1 aliphatic heterocycles. The van der Waals surface area contributed by atoms with Crippen LogP contribution in [-0.4, -0.2) is 61.9 Å². The Balaban J connectivity index is 1.33. The van der Waals surface area contributed by atoms with Crippen LogP contribution in [0.5, 0.6) is 23.0 Å². The molecule has 0 aliphatic carbocycles. The van der Waals surface area contributed by atoms with Gasteiger partial charge >= 0.3 is 0 Å². The minimum Gasteiger partial charge on any atom is -0.497 e. The zero-order chi connectivity index (χ0) is 29.6. The number of carbonyl (C=O) groups excluding carboxylic acids is 1. The molecule has 1 amide bonds. The summed E-state index contributed by atoms with van der Waals surface area (Å²) in [7, 11) is 8.55. The summed E-state index contributed by atoms with van der Waals surface area (Å²) >= 11 is 0. The Morgan fingerprint density at radius 3 is 2.07 bits per heavy atom. The molecule has 1 aliphatic rings. The molecule has 0 spiro atoms. The van der Waals surface area contributed by atoms with Gasteiger partial charge in [-0.15, -0.1) is 0 Å². The predicted octanol–water partition coefficient (Wildman–Crippen LogP) is 4.90. The highest BCUT2D eigenvalue weighted by molar-refractivity contribution is 5.91. The topological polar surface area (TPSA) is 87.1 Å². The number of anilines is 1. The number of aromatic nitrogens is 2. The highest BCUT2D eigenvalue weighted by atomic mass is 16.5. The molecule has 9 heteroatoms. The van der Waals surface area contributed by atoms with Gasteiger partial charge in [0.2, 0.25) is 11.9 Å². The zero-order valence-corrected chi connectivity index (χ0v) is 24.9. The molecule has 0 unspecified atom stereocenters. The van der Waals surface area contributed by atoms with E-state index in [9.17, 15) is 4.79 Å². The van der Waals surface area contributed by atoms with Crippen LogP contribution in [0.15, 0.2) is 60.7 Å². The Bertz CT molecular complexity index is 1530. The standard InChI is InChI=1S/C33H38N4O5/c1-36-28(15-8-22-6-11-26(39-2)12-7-22)32(23-9-13-27(40-3)14-10-23)35-33(36)34-31(38)21-37-17-16-24-18-29(41-4)30(42-5)19-25(24)20-37/h6-7,9-14,18-19H,8,15-17,20-21H2,1-5H3,(H,34,35,38). The van der Waals surface area contributed by atoms with Crippen LogP contribution in [-0.2, 0) is 37.6 Å². The molecule has 1 aromatic heterocycles. The largest absolute Gasteiger partial charge is 0.497 e. The number of fused-ring (bicyclic) bond motifs is 1. The van der Waals surface area contributed by atoms with Gasteiger partial charge in [0.15, 0.2) is 11.5 Å². The van der Waals surface area contributed by atoms with E-state index in [0.29, 0.717) is 18.2 Å². The van der Waals surface area contributed by atoms with E-state index >= 15 is 0 Å². The van der Waals surface area contributed by atoms with Gasteiger partial charge in [0, 0.05) is 31.4 Å². The Morgan fingerprint density at radius 1 is 0.833 bits per heavy atom. The maximum Gasteiger partial charge on any atom is 0.240 e. The van der Waals surface area contributed by atoms with Crippen molar-refractivity contribution in [2.45, 2.75) is 25.8 Å². The molecule has 2 heterocycles. The van der Waals surface area contributed by atoms with Gasteiger partial charge in [-0.3, -0.25) is 15.0 Å². The lowest BCUT2D eigenvalue weighted by Crippen LogP contribution is -2.37. The molecule has 9 nitrogen and oxygen atoms in total. The normalized spacial score (nSPS) is 12.9. The smallest absolute Gasteiger partial charge is 0.240 e. The van der Waals surface area contributed by atoms with Crippen LogP contribution >= 0.6 is 0 Å². The van der Waals surface area contributed by atoms with Gasteiger partial charge in [0.1, 0.15) is 11.5 Å². The summed E-state index contributed by atoms with van der Waals surface area (Å²) in [5, 5.41) is 3.07. The lowest BCUT2D eigenvalue weighted by atomic mass is 9.99. The highest BCUT2D eigenvalue weighted by Gasteiger charge is 2.23. The van der Waals surface area contributed by atoms with Crippen molar-refractivity contribution >= 4 is 11.9 Å². The van der Waals surface area contributed by atoms with E-state index < -0.39 is 0 Å². The molecule has 0 atom stereocenters. The average molecular weight is 571 g/mol. The molecule has 0 saturated carbocycles. The molecule has 0 saturated heterocycles. The third kappa shape index (κ3) is 6.36. The second-order valence-corrected chi connectivity index (χ2v) is 10.4. The molecule has 4 aromatic rings. The number of benzene rings is 3. The van der Waals surface area contributed by atoms with Crippen molar-refractivity contribution in [2.24, 2.45) is 7.05 Å². The van der Waals surface area contributed by atoms with Gasteiger partial charge in [-0.2, -0.15) is 0 Å². The molecule has 0 fully saturated rings. The first-order valence-electron chi connectivity index (χ1n) is 14.0. The Kier molecular flexibility index (Phi) is 8.97. The number of imidazole rings is 1. The monoisotopic (exact) mass is 570 g/mol. The number of rotatable bonds is 11. The van der Waals surface area contributed by atoms with E-state index in [1.165, 1.54) is 11.1 Å². The number of hydrogen-bond acceptors (Lipinski definition) is 7. The molecular formula is C33H38N4O5. The number of nitrogens with zero attached hydrogens (tertiary/aromatic N) is 3. The van der Waals surface area contributed by atoms with E-state index in [0.717, 1.165) is 65.6 Å². The van der Waals surface area contributed by atoms with Crippen molar-refractivity contribution in [1.82, 2.24) is 14.5 Å². The molecule has 5 rings (SSSR count). The van der Waals surface area contributed by atoms with Gasteiger partial charge in [0.25, 0.3) is 0 Å². The second-order valence-electron chi connectivity index (χ2n) is 10.4. The van der Waals surface area contributed by atoms with Crippen molar-refractivity contribution in [3.63, 3.8) is 0 Å². The van der Waals surface area contributed by atoms with Gasteiger partial charge in [0.05, 0.1) is 40.7 Å². The van der Waals surface area contributed by atoms with Crippen molar-refractivity contribution in [1.29, 1.82) is 0 Å². The molecule has 0 bridgehead atoms. The van der Waals surface area contributed by atoms with Crippen LogP contribution in [0.4, 0.5) is 5.95 Å². The third-order valence-corrected chi connectivity index (χ3v) is 7.80. The maximum absolute atomic E-state index is 13.3. The lowest BCUT2D eigenvalue weighted by Gasteiger charge is -2.28. The number of hydrogen-bond donors (Lipinski definition) is 1. The summed E-state index contributed by atoms with van der Waals surface area (Å²) in [6.45, 7) is 1.70. The molecule has 0 radical (unpaired) electrons. The third-order valence-electron chi connectivity index (χ3n) is 7.80. The van der Waals surface area contributed by atoms with Crippen molar-refractivity contribution in [2.75, 3.05) is 46.8 Å². The van der Waals surface area contributed by atoms with Gasteiger partial charge in [-0.1, -0.05) is 12.1 Å². The van der Waals surface area contributed by atoms with E-state index in [1.807, 2.05) is 60.1 Å². The number of carbonyl (C=O) groups is 1. The number of ether oxygens (including phenoxy) is 4. The van der Waals surface area contributed by atoms with Crippen LogP contribution < -0.4 is 24.3 Å². The highest BCUT2D eigenvalue weighted by Crippen LogP contribution is 2.33. The molecule has 42 heavy (non-hydrogen) atoms. The van der Waals surface area contributed by atoms with Crippen molar-refractivity contribution in [3.8, 4) is 34.3 Å². The fourth-order valence-electron chi connectivity index (χ4n) is 5.41. The number of methoxy groups -OCH3 is 4. The van der Waals surface area contributed by atoms with E-state index in [4.69, 9.17) is 23.9 Å². The summed E-state index contributed by atoms with van der Waals surface area (Å²) in [5.74, 6) is 3.47. The second kappa shape index (κ2) is 13.0. The SMILES string of the molecule is COc1ccc(CCc2c(-c3ccc(OC)cc3)nc(NC(=O)CN3CCc4cc(OC)c(OC)cc4C3)n2C)cc1. The van der Waals surface area contributed by atoms with Gasteiger partial charge in [-0.05, 0) is 84.5 Å². The Hall–Kier alpha value is -4.50. The molecule has 1 N–H and O–H groups in total. The lowest BCUT2D eigenvalue weighted by molar-refractivity contribution is -0.117. The number of aryl methyl sites for hydroxylation is 1. The van der Waals surface area contributed by atoms with Crippen LogP contribution in [0.3, 0.4) is 0 Å². The zero-order valence-electron chi connectivity index (χ0n) is 24.9. The molecule has 220 valence electrons. The first-order valence-corrected chi connectivity index (χ1v) is 14.0. The summed E-state index contributed by atoms with van der Waals surface area (Å²) in [6.07, 6.45) is 2.41.